The molecule has 0 bridgehead atoms. The lowest BCUT2D eigenvalue weighted by atomic mass is 10.1. The van der Waals surface area contributed by atoms with Gasteiger partial charge in [0.15, 0.2) is 6.61 Å². The lowest BCUT2D eigenvalue weighted by Crippen LogP contribution is -2.49. The van der Waals surface area contributed by atoms with E-state index in [0.29, 0.717) is 12.3 Å². The highest BCUT2D eigenvalue weighted by Crippen LogP contribution is 2.13. The molecular formula is C22H27FN2O3. The molecule has 0 radical (unpaired) electrons. The summed E-state index contributed by atoms with van der Waals surface area (Å²) in [5.74, 6) is -0.299. The van der Waals surface area contributed by atoms with Crippen LogP contribution >= 0.6 is 0 Å². The topological polar surface area (TPSA) is 58.6 Å². The van der Waals surface area contributed by atoms with E-state index >= 15 is 0 Å². The number of nitrogens with one attached hydrogen (secondary N) is 1. The molecule has 1 atom stereocenters. The first kappa shape index (κ1) is 21.4. The Morgan fingerprint density at radius 3 is 2.43 bits per heavy atom. The molecule has 0 fully saturated rings. The number of carbonyl (C=O) groups is 2. The maximum Gasteiger partial charge on any atom is 0.261 e. The number of unbranched alkanes of at least 4 members (excludes halogenated alkanes) is 1. The summed E-state index contributed by atoms with van der Waals surface area (Å²) in [6.45, 7) is 4.31. The Balaban J connectivity index is 2.08. The van der Waals surface area contributed by atoms with E-state index in [2.05, 4.69) is 5.32 Å². The van der Waals surface area contributed by atoms with Crippen molar-refractivity contribution in [3.63, 3.8) is 0 Å². The predicted octanol–water partition coefficient (Wildman–Crippen LogP) is 3.54. The van der Waals surface area contributed by atoms with Gasteiger partial charge in [0, 0.05) is 13.1 Å². The van der Waals surface area contributed by atoms with Gasteiger partial charge in [0.05, 0.1) is 0 Å². The summed E-state index contributed by atoms with van der Waals surface area (Å²) in [5.41, 5.74) is 0.739. The van der Waals surface area contributed by atoms with Gasteiger partial charge in [-0.05, 0) is 43.2 Å². The van der Waals surface area contributed by atoms with Crippen molar-refractivity contribution in [3.05, 3.63) is 66.0 Å². The zero-order valence-corrected chi connectivity index (χ0v) is 16.4. The summed E-state index contributed by atoms with van der Waals surface area (Å²) in [7, 11) is 0. The largest absolute Gasteiger partial charge is 0.484 e. The van der Waals surface area contributed by atoms with Gasteiger partial charge >= 0.3 is 0 Å². The zero-order valence-electron chi connectivity index (χ0n) is 16.4. The summed E-state index contributed by atoms with van der Waals surface area (Å²) in [6.07, 6.45) is 1.85. The number of ether oxygens (including phenoxy) is 1. The Morgan fingerprint density at radius 2 is 1.79 bits per heavy atom. The third-order valence-electron chi connectivity index (χ3n) is 4.37. The van der Waals surface area contributed by atoms with Crippen molar-refractivity contribution in [2.45, 2.75) is 39.3 Å². The summed E-state index contributed by atoms with van der Waals surface area (Å²) in [6, 6.07) is 14.2. The van der Waals surface area contributed by atoms with E-state index < -0.39 is 6.04 Å². The van der Waals surface area contributed by atoms with E-state index in [0.717, 1.165) is 18.4 Å². The Labute approximate surface area is 165 Å². The van der Waals surface area contributed by atoms with Gasteiger partial charge in [0.1, 0.15) is 17.6 Å². The first-order valence-corrected chi connectivity index (χ1v) is 9.50. The van der Waals surface area contributed by atoms with E-state index in [1.54, 1.807) is 31.2 Å². The molecular weight excluding hydrogens is 359 g/mol. The fourth-order valence-corrected chi connectivity index (χ4v) is 2.65. The van der Waals surface area contributed by atoms with Crippen molar-refractivity contribution in [2.24, 2.45) is 0 Å². The number of para-hydroxylation sites is 1. The van der Waals surface area contributed by atoms with Crippen LogP contribution in [0.4, 0.5) is 4.39 Å². The quantitative estimate of drug-likeness (QED) is 0.636. The molecule has 0 aliphatic heterocycles. The number of benzene rings is 2. The minimum absolute atomic E-state index is 0.183. The standard InChI is InChI=1S/C22H27FN2O3/c1-3-4-14-24-22(27)17(2)25(15-18-10-12-19(23)13-11-18)21(26)16-28-20-8-6-5-7-9-20/h5-13,17H,3-4,14-16H2,1-2H3,(H,24,27)/t17-/m1/s1. The smallest absolute Gasteiger partial charge is 0.261 e. The molecule has 1 N–H and O–H groups in total. The number of hydrogen-bond acceptors (Lipinski definition) is 3. The van der Waals surface area contributed by atoms with Gasteiger partial charge in [-0.3, -0.25) is 9.59 Å². The van der Waals surface area contributed by atoms with Crippen molar-refractivity contribution in [3.8, 4) is 5.75 Å². The van der Waals surface area contributed by atoms with Gasteiger partial charge in [-0.1, -0.05) is 43.7 Å². The van der Waals surface area contributed by atoms with Gasteiger partial charge in [0.2, 0.25) is 5.91 Å². The van der Waals surface area contributed by atoms with E-state index in [-0.39, 0.29) is 30.8 Å². The molecule has 2 aromatic rings. The minimum atomic E-state index is -0.672. The van der Waals surface area contributed by atoms with Crippen LogP contribution in [0.5, 0.6) is 5.75 Å². The summed E-state index contributed by atoms with van der Waals surface area (Å²) >= 11 is 0. The Hall–Kier alpha value is -2.89. The Morgan fingerprint density at radius 1 is 1.11 bits per heavy atom. The SMILES string of the molecule is CCCCNC(=O)[C@@H](C)N(Cc1ccc(F)cc1)C(=O)COc1ccccc1. The molecule has 6 heteroatoms. The van der Waals surface area contributed by atoms with Crippen LogP contribution < -0.4 is 10.1 Å². The number of halogens is 1. The number of carbonyl (C=O) groups excluding carboxylic acids is 2. The van der Waals surface area contributed by atoms with Crippen LogP contribution in [0.25, 0.3) is 0 Å². The van der Waals surface area contributed by atoms with Crippen molar-refractivity contribution in [2.75, 3.05) is 13.2 Å². The van der Waals surface area contributed by atoms with E-state index in [9.17, 15) is 14.0 Å². The second-order valence-corrected chi connectivity index (χ2v) is 6.57. The molecule has 0 saturated heterocycles. The minimum Gasteiger partial charge on any atom is -0.484 e. The lowest BCUT2D eigenvalue weighted by Gasteiger charge is -2.28. The van der Waals surface area contributed by atoms with Gasteiger partial charge in [0.25, 0.3) is 5.91 Å². The molecule has 0 aromatic heterocycles. The Bertz CT molecular complexity index is 750. The second kappa shape index (κ2) is 11.1. The van der Waals surface area contributed by atoms with Crippen LogP contribution in [0.3, 0.4) is 0 Å². The van der Waals surface area contributed by atoms with Crippen LogP contribution in [-0.4, -0.2) is 35.9 Å². The average Bonchev–Trinajstić information content (AvgIpc) is 2.72. The number of amides is 2. The average molecular weight is 386 g/mol. The molecule has 2 aromatic carbocycles. The maximum atomic E-state index is 13.2. The van der Waals surface area contributed by atoms with Gasteiger partial charge < -0.3 is 15.0 Å². The van der Waals surface area contributed by atoms with Crippen LogP contribution in [-0.2, 0) is 16.1 Å². The van der Waals surface area contributed by atoms with Crippen LogP contribution in [0.2, 0.25) is 0 Å². The fraction of sp³-hybridized carbons (Fsp3) is 0.364. The van der Waals surface area contributed by atoms with Crippen LogP contribution in [0.15, 0.2) is 54.6 Å². The first-order chi connectivity index (χ1) is 13.5. The molecule has 0 heterocycles. The van der Waals surface area contributed by atoms with Crippen molar-refractivity contribution >= 4 is 11.8 Å². The number of hydrogen-bond donors (Lipinski definition) is 1. The van der Waals surface area contributed by atoms with Gasteiger partial charge in [-0.25, -0.2) is 4.39 Å². The predicted molar refractivity (Wildman–Crippen MR) is 106 cm³/mol. The van der Waals surface area contributed by atoms with Gasteiger partial charge in [-0.15, -0.1) is 0 Å². The van der Waals surface area contributed by atoms with Crippen molar-refractivity contribution in [1.82, 2.24) is 10.2 Å². The third kappa shape index (κ3) is 6.68. The molecule has 28 heavy (non-hydrogen) atoms. The molecule has 0 spiro atoms. The Kier molecular flexibility index (Phi) is 8.46. The molecule has 2 rings (SSSR count). The molecule has 0 saturated carbocycles. The number of rotatable bonds is 10. The molecule has 0 unspecified atom stereocenters. The van der Waals surface area contributed by atoms with E-state index in [4.69, 9.17) is 4.74 Å². The molecule has 0 aliphatic carbocycles. The van der Waals surface area contributed by atoms with E-state index in [1.807, 2.05) is 25.1 Å². The summed E-state index contributed by atoms with van der Waals surface area (Å²) in [5, 5.41) is 2.85. The number of nitrogens with zero attached hydrogens (tertiary/aromatic N) is 1. The van der Waals surface area contributed by atoms with Gasteiger partial charge in [-0.2, -0.15) is 0 Å². The van der Waals surface area contributed by atoms with Crippen molar-refractivity contribution < 1.29 is 18.7 Å². The summed E-state index contributed by atoms with van der Waals surface area (Å²) < 4.78 is 18.7. The highest BCUT2D eigenvalue weighted by atomic mass is 19.1. The highest BCUT2D eigenvalue weighted by Gasteiger charge is 2.26. The van der Waals surface area contributed by atoms with Crippen LogP contribution in [0.1, 0.15) is 32.3 Å². The molecule has 0 aliphatic rings. The second-order valence-electron chi connectivity index (χ2n) is 6.57. The maximum absolute atomic E-state index is 13.2. The fourth-order valence-electron chi connectivity index (χ4n) is 2.65. The van der Waals surface area contributed by atoms with E-state index in [1.165, 1.54) is 17.0 Å². The molecule has 5 nitrogen and oxygen atoms in total. The zero-order chi connectivity index (χ0) is 20.4. The first-order valence-electron chi connectivity index (χ1n) is 9.50. The third-order valence-corrected chi connectivity index (χ3v) is 4.37. The van der Waals surface area contributed by atoms with Crippen molar-refractivity contribution in [1.29, 1.82) is 0 Å². The monoisotopic (exact) mass is 386 g/mol. The normalized spacial score (nSPS) is 11.5. The molecule has 2 amide bonds. The lowest BCUT2D eigenvalue weighted by molar-refractivity contribution is -0.142. The molecule has 150 valence electrons. The summed E-state index contributed by atoms with van der Waals surface area (Å²) in [4.78, 5) is 26.7. The highest BCUT2D eigenvalue weighted by molar-refractivity contribution is 5.87. The van der Waals surface area contributed by atoms with Crippen LogP contribution in [0, 0.1) is 5.82 Å².